The monoisotopic (exact) mass is 233 g/mol. The first kappa shape index (κ1) is 15.3. The third-order valence-electron chi connectivity index (χ3n) is 1.89. The fraction of sp³-hybridized carbons (Fsp3) is 0.909. The molecule has 0 aliphatic rings. The van der Waals surface area contributed by atoms with Crippen molar-refractivity contribution in [3.05, 3.63) is 0 Å². The van der Waals surface area contributed by atoms with Gasteiger partial charge in [0.1, 0.15) is 0 Å². The van der Waals surface area contributed by atoms with Gasteiger partial charge in [0.05, 0.1) is 26.4 Å². The second kappa shape index (κ2) is 12.4. The molecule has 96 valence electrons. The molecule has 0 spiro atoms. The van der Waals surface area contributed by atoms with Crippen LogP contribution in [0.5, 0.6) is 0 Å². The maximum atomic E-state index is 11.0. The van der Waals surface area contributed by atoms with Gasteiger partial charge in [-0.15, -0.1) is 0 Å². The predicted molar refractivity (Wildman–Crippen MR) is 61.4 cm³/mol. The second-order valence-electron chi connectivity index (χ2n) is 3.26. The van der Waals surface area contributed by atoms with E-state index in [4.69, 9.17) is 14.2 Å². The Labute approximate surface area is 97.4 Å². The van der Waals surface area contributed by atoms with Crippen LogP contribution in [0, 0.1) is 0 Å². The summed E-state index contributed by atoms with van der Waals surface area (Å²) in [6, 6.07) is 0. The molecule has 5 nitrogen and oxygen atoms in total. The summed E-state index contributed by atoms with van der Waals surface area (Å²) in [4.78, 5) is 11.0. The molecule has 0 rings (SSSR count). The lowest BCUT2D eigenvalue weighted by molar-refractivity contribution is -0.143. The maximum Gasteiger partial charge on any atom is 0.305 e. The summed E-state index contributed by atoms with van der Waals surface area (Å²) in [5.74, 6) is -0.124. The molecular weight excluding hydrogens is 210 g/mol. The third kappa shape index (κ3) is 11.4. The Balaban J connectivity index is 3.01. The van der Waals surface area contributed by atoms with Crippen molar-refractivity contribution in [3.63, 3.8) is 0 Å². The van der Waals surface area contributed by atoms with E-state index in [-0.39, 0.29) is 5.97 Å². The fourth-order valence-electron chi connectivity index (χ4n) is 1.10. The molecule has 1 N–H and O–H groups in total. The van der Waals surface area contributed by atoms with E-state index >= 15 is 0 Å². The molecule has 0 aromatic carbocycles. The summed E-state index contributed by atoms with van der Waals surface area (Å²) in [6.07, 6.45) is 1.28. The molecule has 0 aromatic rings. The van der Waals surface area contributed by atoms with E-state index in [2.05, 4.69) is 5.32 Å². The number of carbonyl (C=O) groups excluding carboxylic acids is 1. The van der Waals surface area contributed by atoms with Gasteiger partial charge in [0.25, 0.3) is 0 Å². The highest BCUT2D eigenvalue weighted by Crippen LogP contribution is 1.90. The molecule has 0 saturated heterocycles. The topological polar surface area (TPSA) is 56.8 Å². The van der Waals surface area contributed by atoms with E-state index in [9.17, 15) is 4.79 Å². The van der Waals surface area contributed by atoms with Gasteiger partial charge in [-0.05, 0) is 19.9 Å². The highest BCUT2D eigenvalue weighted by molar-refractivity contribution is 5.69. The number of carbonyl (C=O) groups is 1. The zero-order chi connectivity index (χ0) is 12.1. The first-order valence-corrected chi connectivity index (χ1v) is 5.74. The first-order chi connectivity index (χ1) is 7.81. The molecule has 0 amide bonds. The molecule has 0 atom stereocenters. The van der Waals surface area contributed by atoms with E-state index in [0.29, 0.717) is 32.8 Å². The van der Waals surface area contributed by atoms with Crippen molar-refractivity contribution in [1.29, 1.82) is 0 Å². The van der Waals surface area contributed by atoms with Gasteiger partial charge in [-0.3, -0.25) is 4.79 Å². The van der Waals surface area contributed by atoms with Crippen LogP contribution in [0.4, 0.5) is 0 Å². The summed E-state index contributed by atoms with van der Waals surface area (Å²) >= 11 is 0. The van der Waals surface area contributed by atoms with Gasteiger partial charge >= 0.3 is 5.97 Å². The molecule has 5 heteroatoms. The Morgan fingerprint density at radius 1 is 1.19 bits per heavy atom. The average molecular weight is 233 g/mol. The number of ether oxygens (including phenoxy) is 3. The van der Waals surface area contributed by atoms with Gasteiger partial charge in [0.2, 0.25) is 0 Å². The number of methoxy groups -OCH3 is 1. The zero-order valence-electron chi connectivity index (χ0n) is 10.3. The van der Waals surface area contributed by atoms with Crippen LogP contribution in [0.1, 0.15) is 19.8 Å². The van der Waals surface area contributed by atoms with Gasteiger partial charge in [-0.25, -0.2) is 0 Å². The summed E-state index contributed by atoms with van der Waals surface area (Å²) < 4.78 is 14.9. The standard InChI is InChI=1S/C11H23NO4/c1-3-16-11(13)5-4-6-12-7-8-15-10-9-14-2/h12H,3-10H2,1-2H3. The van der Waals surface area contributed by atoms with E-state index in [1.807, 2.05) is 6.92 Å². The van der Waals surface area contributed by atoms with E-state index < -0.39 is 0 Å². The number of hydrogen-bond acceptors (Lipinski definition) is 5. The Kier molecular flexibility index (Phi) is 11.9. The predicted octanol–water partition coefficient (Wildman–Crippen LogP) is 0.582. The molecule has 0 radical (unpaired) electrons. The molecule has 0 fully saturated rings. The Bertz CT molecular complexity index is 164. The lowest BCUT2D eigenvalue weighted by Gasteiger charge is -2.05. The van der Waals surface area contributed by atoms with Crippen LogP contribution in [0.15, 0.2) is 0 Å². The van der Waals surface area contributed by atoms with Crippen molar-refractivity contribution in [2.24, 2.45) is 0 Å². The van der Waals surface area contributed by atoms with Crippen molar-refractivity contribution in [1.82, 2.24) is 5.32 Å². The minimum atomic E-state index is -0.124. The normalized spacial score (nSPS) is 10.4. The SMILES string of the molecule is CCOC(=O)CCCNCCOCCOC. The summed E-state index contributed by atoms with van der Waals surface area (Å²) in [7, 11) is 1.65. The van der Waals surface area contributed by atoms with Crippen molar-refractivity contribution >= 4 is 5.97 Å². The summed E-state index contributed by atoms with van der Waals surface area (Å²) in [5, 5.41) is 3.19. The minimum Gasteiger partial charge on any atom is -0.466 e. The highest BCUT2D eigenvalue weighted by Gasteiger charge is 1.99. The van der Waals surface area contributed by atoms with Gasteiger partial charge in [-0.1, -0.05) is 0 Å². The number of esters is 1. The lowest BCUT2D eigenvalue weighted by Crippen LogP contribution is -2.22. The van der Waals surface area contributed by atoms with Crippen LogP contribution < -0.4 is 5.32 Å². The smallest absolute Gasteiger partial charge is 0.305 e. The van der Waals surface area contributed by atoms with Crippen molar-refractivity contribution < 1.29 is 19.0 Å². The van der Waals surface area contributed by atoms with Gasteiger partial charge in [0, 0.05) is 20.1 Å². The van der Waals surface area contributed by atoms with Crippen LogP contribution >= 0.6 is 0 Å². The van der Waals surface area contributed by atoms with E-state index in [1.165, 1.54) is 0 Å². The average Bonchev–Trinajstić information content (AvgIpc) is 2.27. The highest BCUT2D eigenvalue weighted by atomic mass is 16.5. The maximum absolute atomic E-state index is 11.0. The largest absolute Gasteiger partial charge is 0.466 e. The van der Waals surface area contributed by atoms with Crippen molar-refractivity contribution in [2.45, 2.75) is 19.8 Å². The Morgan fingerprint density at radius 2 is 2.00 bits per heavy atom. The minimum absolute atomic E-state index is 0.124. The lowest BCUT2D eigenvalue weighted by atomic mass is 10.3. The van der Waals surface area contributed by atoms with Crippen molar-refractivity contribution in [3.8, 4) is 0 Å². The van der Waals surface area contributed by atoms with Crippen LogP contribution in [-0.4, -0.2) is 52.6 Å². The molecule has 0 aliphatic heterocycles. The zero-order valence-corrected chi connectivity index (χ0v) is 10.3. The number of hydrogen-bond donors (Lipinski definition) is 1. The van der Waals surface area contributed by atoms with E-state index in [1.54, 1.807) is 7.11 Å². The molecular formula is C11H23NO4. The van der Waals surface area contributed by atoms with Crippen LogP contribution in [0.3, 0.4) is 0 Å². The summed E-state index contributed by atoms with van der Waals surface area (Å²) in [5.41, 5.74) is 0. The fourth-order valence-corrected chi connectivity index (χ4v) is 1.10. The Morgan fingerprint density at radius 3 is 2.69 bits per heavy atom. The second-order valence-corrected chi connectivity index (χ2v) is 3.26. The van der Waals surface area contributed by atoms with E-state index in [0.717, 1.165) is 19.5 Å². The van der Waals surface area contributed by atoms with Gasteiger partial charge < -0.3 is 19.5 Å². The number of nitrogens with one attached hydrogen (secondary N) is 1. The Hall–Kier alpha value is -0.650. The molecule has 16 heavy (non-hydrogen) atoms. The van der Waals surface area contributed by atoms with Gasteiger partial charge in [0.15, 0.2) is 0 Å². The van der Waals surface area contributed by atoms with Crippen LogP contribution in [0.25, 0.3) is 0 Å². The molecule has 0 unspecified atom stereocenters. The van der Waals surface area contributed by atoms with Gasteiger partial charge in [-0.2, -0.15) is 0 Å². The summed E-state index contributed by atoms with van der Waals surface area (Å²) in [6.45, 7) is 5.80. The molecule has 0 heterocycles. The molecule has 0 saturated carbocycles. The quantitative estimate of drug-likeness (QED) is 0.418. The third-order valence-corrected chi connectivity index (χ3v) is 1.89. The molecule has 0 aromatic heterocycles. The molecule has 0 bridgehead atoms. The number of rotatable bonds is 11. The van der Waals surface area contributed by atoms with Crippen molar-refractivity contribution in [2.75, 3.05) is 46.6 Å². The first-order valence-electron chi connectivity index (χ1n) is 5.74. The van der Waals surface area contributed by atoms with Crippen LogP contribution in [0.2, 0.25) is 0 Å². The van der Waals surface area contributed by atoms with Crippen LogP contribution in [-0.2, 0) is 19.0 Å². The molecule has 0 aliphatic carbocycles.